The third-order valence-electron chi connectivity index (χ3n) is 4.82. The van der Waals surface area contributed by atoms with Gasteiger partial charge in [0.25, 0.3) is 0 Å². The highest BCUT2D eigenvalue weighted by Gasteiger charge is 2.33. The zero-order valence-corrected chi connectivity index (χ0v) is 12.5. The molecule has 0 saturated heterocycles. The van der Waals surface area contributed by atoms with Crippen molar-refractivity contribution in [3.63, 3.8) is 0 Å². The summed E-state index contributed by atoms with van der Waals surface area (Å²) in [6, 6.07) is 8.80. The third-order valence-corrected chi connectivity index (χ3v) is 4.82. The molecule has 0 amide bonds. The zero-order valence-electron chi connectivity index (χ0n) is 12.5. The number of benzene rings is 1. The molecule has 2 nitrogen and oxygen atoms in total. The van der Waals surface area contributed by atoms with E-state index in [9.17, 15) is 9.90 Å². The van der Waals surface area contributed by atoms with Crippen molar-refractivity contribution in [2.75, 3.05) is 0 Å². The number of carboxylic acids is 1. The highest BCUT2D eigenvalue weighted by Crippen LogP contribution is 2.43. The van der Waals surface area contributed by atoms with Gasteiger partial charge in [0.15, 0.2) is 0 Å². The molecule has 1 aromatic carbocycles. The monoisotopic (exact) mass is 274 g/mol. The Hall–Kier alpha value is -1.31. The molecule has 1 aromatic rings. The van der Waals surface area contributed by atoms with E-state index < -0.39 is 5.97 Å². The van der Waals surface area contributed by atoms with Crippen molar-refractivity contribution in [3.05, 3.63) is 35.4 Å². The summed E-state index contributed by atoms with van der Waals surface area (Å²) >= 11 is 0. The van der Waals surface area contributed by atoms with Crippen LogP contribution in [0.1, 0.15) is 63.0 Å². The van der Waals surface area contributed by atoms with Gasteiger partial charge in [0, 0.05) is 0 Å². The van der Waals surface area contributed by atoms with Crippen molar-refractivity contribution in [2.45, 2.75) is 64.7 Å². The predicted octanol–water partition coefficient (Wildman–Crippen LogP) is 4.61. The average Bonchev–Trinajstić information content (AvgIpc) is 2.46. The first-order valence-corrected chi connectivity index (χ1v) is 7.93. The second kappa shape index (κ2) is 6.92. The Balaban J connectivity index is 1.98. The van der Waals surface area contributed by atoms with Gasteiger partial charge < -0.3 is 5.11 Å². The highest BCUT2D eigenvalue weighted by atomic mass is 16.4. The van der Waals surface area contributed by atoms with E-state index >= 15 is 0 Å². The molecule has 0 spiro atoms. The van der Waals surface area contributed by atoms with Gasteiger partial charge in [0.1, 0.15) is 0 Å². The maximum atomic E-state index is 11.2. The minimum atomic E-state index is -0.631. The van der Waals surface area contributed by atoms with E-state index in [4.69, 9.17) is 0 Å². The molecule has 0 heterocycles. The summed E-state index contributed by atoms with van der Waals surface area (Å²) in [5, 5.41) is 9.20. The topological polar surface area (TPSA) is 37.3 Å². The number of aryl methyl sites for hydroxylation is 2. The molecule has 1 aliphatic carbocycles. The lowest BCUT2D eigenvalue weighted by Gasteiger charge is -2.36. The third kappa shape index (κ3) is 4.09. The van der Waals surface area contributed by atoms with Crippen LogP contribution in [0.15, 0.2) is 24.3 Å². The van der Waals surface area contributed by atoms with E-state index in [2.05, 4.69) is 31.2 Å². The Kier molecular flexibility index (Phi) is 5.22. The van der Waals surface area contributed by atoms with Crippen LogP contribution < -0.4 is 0 Å². The molecular formula is C18H26O2. The largest absolute Gasteiger partial charge is 0.481 e. The van der Waals surface area contributed by atoms with Gasteiger partial charge in [-0.3, -0.25) is 4.79 Å². The molecule has 0 unspecified atom stereocenters. The Labute approximate surface area is 122 Å². The van der Waals surface area contributed by atoms with E-state index in [1.54, 1.807) is 0 Å². The molecule has 2 heteroatoms. The second-order valence-electron chi connectivity index (χ2n) is 6.30. The van der Waals surface area contributed by atoms with E-state index in [1.807, 2.05) is 0 Å². The molecular weight excluding hydrogens is 248 g/mol. The number of hydrogen-bond acceptors (Lipinski definition) is 1. The van der Waals surface area contributed by atoms with Crippen LogP contribution in [0.3, 0.4) is 0 Å². The van der Waals surface area contributed by atoms with Crippen LogP contribution in [-0.4, -0.2) is 11.1 Å². The van der Waals surface area contributed by atoms with Crippen molar-refractivity contribution in [1.82, 2.24) is 0 Å². The standard InChI is InChI=1S/C18H26O2/c1-2-15-6-8-16(9-7-15)10-13-18(14-17(19)20)11-4-3-5-12-18/h6-9H,2-5,10-14H2,1H3,(H,19,20). The lowest BCUT2D eigenvalue weighted by Crippen LogP contribution is -2.28. The van der Waals surface area contributed by atoms with Crippen molar-refractivity contribution in [1.29, 1.82) is 0 Å². The van der Waals surface area contributed by atoms with E-state index in [0.717, 1.165) is 32.1 Å². The first kappa shape index (κ1) is 15.1. The normalized spacial score (nSPS) is 17.9. The van der Waals surface area contributed by atoms with Crippen LogP contribution in [0.25, 0.3) is 0 Å². The summed E-state index contributed by atoms with van der Waals surface area (Å²) in [4.78, 5) is 11.2. The highest BCUT2D eigenvalue weighted by molar-refractivity contribution is 5.67. The lowest BCUT2D eigenvalue weighted by atomic mass is 9.68. The summed E-state index contributed by atoms with van der Waals surface area (Å²) in [7, 11) is 0. The summed E-state index contributed by atoms with van der Waals surface area (Å²) < 4.78 is 0. The average molecular weight is 274 g/mol. The number of aliphatic carboxylic acids is 1. The molecule has 1 fully saturated rings. The molecule has 0 bridgehead atoms. The number of carboxylic acid groups (broad SMARTS) is 1. The Bertz CT molecular complexity index is 427. The quantitative estimate of drug-likeness (QED) is 0.822. The predicted molar refractivity (Wildman–Crippen MR) is 81.9 cm³/mol. The Morgan fingerprint density at radius 1 is 1.10 bits per heavy atom. The molecule has 20 heavy (non-hydrogen) atoms. The van der Waals surface area contributed by atoms with Crippen LogP contribution in [0.5, 0.6) is 0 Å². The van der Waals surface area contributed by atoms with Gasteiger partial charge in [-0.1, -0.05) is 50.5 Å². The molecule has 0 aliphatic heterocycles. The van der Waals surface area contributed by atoms with E-state index in [-0.39, 0.29) is 5.41 Å². The first-order chi connectivity index (χ1) is 9.63. The van der Waals surface area contributed by atoms with Crippen LogP contribution >= 0.6 is 0 Å². The Morgan fingerprint density at radius 2 is 1.70 bits per heavy atom. The van der Waals surface area contributed by atoms with Gasteiger partial charge in [0.2, 0.25) is 0 Å². The van der Waals surface area contributed by atoms with Gasteiger partial charge in [-0.25, -0.2) is 0 Å². The van der Waals surface area contributed by atoms with Crippen LogP contribution in [-0.2, 0) is 17.6 Å². The summed E-state index contributed by atoms with van der Waals surface area (Å²) in [6.45, 7) is 2.17. The van der Waals surface area contributed by atoms with E-state index in [0.29, 0.717) is 6.42 Å². The molecule has 0 aromatic heterocycles. The van der Waals surface area contributed by atoms with Crippen LogP contribution in [0.2, 0.25) is 0 Å². The number of carbonyl (C=O) groups is 1. The van der Waals surface area contributed by atoms with Gasteiger partial charge in [-0.2, -0.15) is 0 Å². The van der Waals surface area contributed by atoms with Crippen molar-refractivity contribution < 1.29 is 9.90 Å². The maximum Gasteiger partial charge on any atom is 0.303 e. The summed E-state index contributed by atoms with van der Waals surface area (Å²) in [6.07, 6.45) is 9.29. The molecule has 1 N–H and O–H groups in total. The van der Waals surface area contributed by atoms with Crippen molar-refractivity contribution >= 4 is 5.97 Å². The zero-order chi connectivity index (χ0) is 14.4. The minimum Gasteiger partial charge on any atom is -0.481 e. The maximum absolute atomic E-state index is 11.2. The van der Waals surface area contributed by atoms with Gasteiger partial charge in [-0.05, 0) is 48.6 Å². The molecule has 1 saturated carbocycles. The minimum absolute atomic E-state index is 0.0491. The summed E-state index contributed by atoms with van der Waals surface area (Å²) in [5.41, 5.74) is 2.76. The molecule has 1 aliphatic rings. The SMILES string of the molecule is CCc1ccc(CCC2(CC(=O)O)CCCCC2)cc1. The summed E-state index contributed by atoms with van der Waals surface area (Å²) in [5.74, 6) is -0.631. The number of rotatable bonds is 6. The van der Waals surface area contributed by atoms with Crippen molar-refractivity contribution in [2.24, 2.45) is 5.41 Å². The second-order valence-corrected chi connectivity index (χ2v) is 6.30. The van der Waals surface area contributed by atoms with Crippen LogP contribution in [0.4, 0.5) is 0 Å². The van der Waals surface area contributed by atoms with Gasteiger partial charge in [-0.15, -0.1) is 0 Å². The number of hydrogen-bond donors (Lipinski definition) is 1. The molecule has 2 rings (SSSR count). The fraction of sp³-hybridized carbons (Fsp3) is 0.611. The van der Waals surface area contributed by atoms with Gasteiger partial charge in [0.05, 0.1) is 6.42 Å². The molecule has 0 radical (unpaired) electrons. The first-order valence-electron chi connectivity index (χ1n) is 7.93. The fourth-order valence-corrected chi connectivity index (χ4v) is 3.49. The van der Waals surface area contributed by atoms with E-state index in [1.165, 1.54) is 30.4 Å². The van der Waals surface area contributed by atoms with Gasteiger partial charge >= 0.3 is 5.97 Å². The molecule has 0 atom stereocenters. The fourth-order valence-electron chi connectivity index (χ4n) is 3.49. The molecule has 110 valence electrons. The Morgan fingerprint density at radius 3 is 2.25 bits per heavy atom. The smallest absolute Gasteiger partial charge is 0.303 e. The van der Waals surface area contributed by atoms with Crippen LogP contribution in [0, 0.1) is 5.41 Å². The lowest BCUT2D eigenvalue weighted by molar-refractivity contribution is -0.140. The van der Waals surface area contributed by atoms with Crippen molar-refractivity contribution in [3.8, 4) is 0 Å².